The lowest BCUT2D eigenvalue weighted by Crippen LogP contribution is -2.61. The molecular weight excluding hydrogens is 632 g/mol. The maximum Gasteiger partial charge on any atom is 0.325 e. The van der Waals surface area contributed by atoms with Crippen LogP contribution >= 0.6 is 0 Å². The number of cyclic esters (lactones) is 1. The number of likely N-dealkylation sites (N-methyl/N-ethyl adjacent to an activating group) is 1. The molecule has 7 N–H and O–H groups in total. The number of hydrogen-bond donors (Lipinski definition) is 6. The third-order valence-electron chi connectivity index (χ3n) is 9.27. The van der Waals surface area contributed by atoms with Crippen molar-refractivity contribution in [2.75, 3.05) is 26.7 Å². The number of ether oxygens (including phenoxy) is 1. The number of carbonyl (C=O) groups is 6. The molecule has 1 aliphatic rings. The molecule has 1 saturated heterocycles. The summed E-state index contributed by atoms with van der Waals surface area (Å²) < 4.78 is 5.78. The average molecular weight is 697 g/mol. The van der Waals surface area contributed by atoms with E-state index in [1.807, 2.05) is 20.8 Å². The minimum atomic E-state index is -1.45. The van der Waals surface area contributed by atoms with Crippen LogP contribution in [0.15, 0.2) is 0 Å². The minimum absolute atomic E-state index is 0.0122. The minimum Gasteiger partial charge on any atom is -0.460 e. The molecule has 0 saturated carbocycles. The summed E-state index contributed by atoms with van der Waals surface area (Å²) in [6.07, 6.45) is 8.85. The van der Waals surface area contributed by atoms with Crippen LogP contribution in [0.4, 0.5) is 0 Å². The lowest BCUT2D eigenvalue weighted by molar-refractivity contribution is -0.157. The summed E-state index contributed by atoms with van der Waals surface area (Å²) in [7, 11) is 1.53. The molecule has 7 atom stereocenters. The number of esters is 1. The van der Waals surface area contributed by atoms with Gasteiger partial charge in [0.2, 0.25) is 29.5 Å². The highest BCUT2D eigenvalue weighted by Gasteiger charge is 2.38. The SMILES string of the molecule is CCCCCCCCCC[C@H]1OC(=O)CNC(=O)[C@H](CO)NC(=O)[C@H](CN)NC(=O)[C@H]([C@@H](C)CC)NC(=O)[C@H](CC(C)C)N(C)C(=O)[C@@H]1C. The number of nitrogens with two attached hydrogens (primary N) is 1. The highest BCUT2D eigenvalue weighted by Crippen LogP contribution is 2.22. The van der Waals surface area contributed by atoms with E-state index in [-0.39, 0.29) is 18.4 Å². The molecule has 1 rings (SSSR count). The van der Waals surface area contributed by atoms with Gasteiger partial charge in [-0.3, -0.25) is 28.8 Å². The van der Waals surface area contributed by atoms with Crippen LogP contribution in [0.25, 0.3) is 0 Å². The van der Waals surface area contributed by atoms with E-state index in [1.54, 1.807) is 13.8 Å². The Morgan fingerprint density at radius 3 is 1.98 bits per heavy atom. The van der Waals surface area contributed by atoms with Gasteiger partial charge in [-0.2, -0.15) is 0 Å². The van der Waals surface area contributed by atoms with Crippen molar-refractivity contribution in [2.45, 2.75) is 142 Å². The van der Waals surface area contributed by atoms with Crippen LogP contribution in [0.3, 0.4) is 0 Å². The van der Waals surface area contributed by atoms with E-state index in [0.29, 0.717) is 25.7 Å². The Bertz CT molecular complexity index is 1070. The molecule has 14 heteroatoms. The number of unbranched alkanes of at least 4 members (excludes halogenated alkanes) is 7. The van der Waals surface area contributed by atoms with Crippen LogP contribution in [0.2, 0.25) is 0 Å². The lowest BCUT2D eigenvalue weighted by atomic mass is 9.94. The van der Waals surface area contributed by atoms with E-state index in [9.17, 15) is 33.9 Å². The zero-order chi connectivity index (χ0) is 37.1. The van der Waals surface area contributed by atoms with Gasteiger partial charge in [0.05, 0.1) is 12.5 Å². The highest BCUT2D eigenvalue weighted by atomic mass is 16.5. The number of amides is 5. The van der Waals surface area contributed by atoms with Crippen LogP contribution in [0.1, 0.15) is 112 Å². The van der Waals surface area contributed by atoms with Crippen LogP contribution in [0.5, 0.6) is 0 Å². The third kappa shape index (κ3) is 15.0. The van der Waals surface area contributed by atoms with Gasteiger partial charge in [0.25, 0.3) is 0 Å². The van der Waals surface area contributed by atoms with Gasteiger partial charge in [-0.25, -0.2) is 0 Å². The summed E-state index contributed by atoms with van der Waals surface area (Å²) in [4.78, 5) is 81.6. The zero-order valence-corrected chi connectivity index (χ0v) is 30.8. The van der Waals surface area contributed by atoms with Gasteiger partial charge in [-0.05, 0) is 31.1 Å². The van der Waals surface area contributed by atoms with Crippen LogP contribution in [-0.4, -0.2) is 103 Å². The van der Waals surface area contributed by atoms with Gasteiger partial charge >= 0.3 is 5.97 Å². The van der Waals surface area contributed by atoms with Gasteiger partial charge in [-0.1, -0.05) is 92.9 Å². The number of nitrogens with one attached hydrogen (secondary N) is 4. The molecule has 0 aromatic rings. The Kier molecular flexibility index (Phi) is 20.7. The van der Waals surface area contributed by atoms with Crippen molar-refractivity contribution in [3.63, 3.8) is 0 Å². The van der Waals surface area contributed by atoms with Gasteiger partial charge in [0.15, 0.2) is 0 Å². The molecule has 0 aromatic heterocycles. The summed E-state index contributed by atoms with van der Waals surface area (Å²) in [5, 5.41) is 19.9. The molecule has 1 fully saturated rings. The van der Waals surface area contributed by atoms with Crippen molar-refractivity contribution < 1.29 is 38.6 Å². The number of aliphatic hydroxyl groups excluding tert-OH is 1. The smallest absolute Gasteiger partial charge is 0.325 e. The Hall–Kier alpha value is -3.26. The predicted molar refractivity (Wildman–Crippen MR) is 187 cm³/mol. The number of rotatable bonds is 15. The highest BCUT2D eigenvalue weighted by molar-refractivity contribution is 5.96. The lowest BCUT2D eigenvalue weighted by Gasteiger charge is -2.34. The topological polar surface area (TPSA) is 209 Å². The maximum absolute atomic E-state index is 14.0. The molecule has 0 radical (unpaired) electrons. The average Bonchev–Trinajstić information content (AvgIpc) is 3.08. The summed E-state index contributed by atoms with van der Waals surface area (Å²) in [5.74, 6) is -5.23. The van der Waals surface area contributed by atoms with Gasteiger partial charge in [0, 0.05) is 13.6 Å². The fraction of sp³-hybridized carbons (Fsp3) is 0.829. The number of aliphatic hydroxyl groups is 1. The normalized spacial score (nSPS) is 26.1. The Labute approximate surface area is 292 Å². The first kappa shape index (κ1) is 43.8. The first-order valence-electron chi connectivity index (χ1n) is 18.2. The zero-order valence-electron chi connectivity index (χ0n) is 30.8. The fourth-order valence-electron chi connectivity index (χ4n) is 5.82. The molecule has 1 heterocycles. The summed E-state index contributed by atoms with van der Waals surface area (Å²) in [6, 6.07) is -4.74. The number of hydrogen-bond acceptors (Lipinski definition) is 9. The largest absolute Gasteiger partial charge is 0.460 e. The fourth-order valence-corrected chi connectivity index (χ4v) is 5.82. The second kappa shape index (κ2) is 23.2. The molecule has 49 heavy (non-hydrogen) atoms. The van der Waals surface area contributed by atoms with Crippen LogP contribution in [0, 0.1) is 17.8 Å². The Morgan fingerprint density at radius 2 is 1.43 bits per heavy atom. The first-order valence-corrected chi connectivity index (χ1v) is 18.2. The second-order valence-corrected chi connectivity index (χ2v) is 13.8. The van der Waals surface area contributed by atoms with Gasteiger partial charge in [-0.15, -0.1) is 0 Å². The Balaban J connectivity index is 3.46. The van der Waals surface area contributed by atoms with Gasteiger partial charge in [0.1, 0.15) is 36.8 Å². The molecule has 0 unspecified atom stereocenters. The second-order valence-electron chi connectivity index (χ2n) is 13.8. The third-order valence-corrected chi connectivity index (χ3v) is 9.27. The van der Waals surface area contributed by atoms with Crippen LogP contribution in [-0.2, 0) is 33.5 Å². The van der Waals surface area contributed by atoms with Gasteiger partial charge < -0.3 is 41.7 Å². The molecule has 0 bridgehead atoms. The predicted octanol–water partition coefficient (Wildman–Crippen LogP) is 1.52. The van der Waals surface area contributed by atoms with Crippen molar-refractivity contribution in [1.82, 2.24) is 26.2 Å². The molecule has 0 aliphatic carbocycles. The number of nitrogens with zero attached hydrogens (tertiary/aromatic N) is 1. The summed E-state index contributed by atoms with van der Waals surface area (Å²) >= 11 is 0. The van der Waals surface area contributed by atoms with Crippen molar-refractivity contribution in [2.24, 2.45) is 23.5 Å². The molecule has 5 amide bonds. The molecular formula is C35H64N6O8. The van der Waals surface area contributed by atoms with E-state index in [1.165, 1.54) is 31.2 Å². The molecule has 0 spiro atoms. The summed E-state index contributed by atoms with van der Waals surface area (Å²) in [5.41, 5.74) is 5.80. The van der Waals surface area contributed by atoms with E-state index in [4.69, 9.17) is 10.5 Å². The van der Waals surface area contributed by atoms with E-state index in [2.05, 4.69) is 28.2 Å². The first-order chi connectivity index (χ1) is 23.2. The molecule has 1 aliphatic heterocycles. The number of carbonyl (C=O) groups excluding carboxylic acids is 6. The monoisotopic (exact) mass is 696 g/mol. The maximum atomic E-state index is 14.0. The molecule has 282 valence electrons. The van der Waals surface area contributed by atoms with Crippen molar-refractivity contribution >= 4 is 35.5 Å². The molecule has 0 aromatic carbocycles. The van der Waals surface area contributed by atoms with Crippen molar-refractivity contribution in [3.05, 3.63) is 0 Å². The van der Waals surface area contributed by atoms with Crippen molar-refractivity contribution in [1.29, 1.82) is 0 Å². The standard InChI is InChI=1S/C35H64N6O8/c1-8-10-11-12-13-14-15-16-17-28-24(6)35(48)41(7)27(18-22(3)4)33(46)40-30(23(5)9-2)34(47)38-25(19-36)32(45)39-26(21-42)31(44)37-20-29(43)49-28/h22-28,30,42H,8-21,36H2,1-7H3,(H,37,44)(H,38,47)(H,39,45)(H,40,46)/t23-,24+,25-,26-,27-,28+,30-/m0/s1. The van der Waals surface area contributed by atoms with E-state index in [0.717, 1.165) is 25.7 Å². The quantitative estimate of drug-likeness (QED) is 0.108. The van der Waals surface area contributed by atoms with Crippen molar-refractivity contribution in [3.8, 4) is 0 Å². The molecule has 14 nitrogen and oxygen atoms in total. The van der Waals surface area contributed by atoms with E-state index >= 15 is 0 Å². The van der Waals surface area contributed by atoms with Crippen LogP contribution < -0.4 is 27.0 Å². The summed E-state index contributed by atoms with van der Waals surface area (Å²) in [6.45, 7) is 9.62. The Morgan fingerprint density at radius 1 is 0.837 bits per heavy atom. The van der Waals surface area contributed by atoms with E-state index < -0.39 is 84.8 Å².